The maximum Gasteiger partial charge on any atom is 0.0715 e. The minimum atomic E-state index is 1.04. The number of aromatic nitrogens is 1. The van der Waals surface area contributed by atoms with E-state index < -0.39 is 0 Å². The maximum absolute atomic E-state index is 4.87. The van der Waals surface area contributed by atoms with Gasteiger partial charge in [0.2, 0.25) is 0 Å². The standard InChI is InChI=1S/C20H22N2/c1-13-10-18-15(3)12-19(21-20(18)11-14(13)2)16-6-8-17(9-7-16)22(4)5/h6-12H,1-5H3. The van der Waals surface area contributed by atoms with E-state index in [-0.39, 0.29) is 0 Å². The Bertz CT molecular complexity index is 830. The zero-order chi connectivity index (χ0) is 15.9. The number of hydrogen-bond donors (Lipinski definition) is 0. The summed E-state index contributed by atoms with van der Waals surface area (Å²) in [6.07, 6.45) is 0. The van der Waals surface area contributed by atoms with Crippen LogP contribution in [0, 0.1) is 20.8 Å². The summed E-state index contributed by atoms with van der Waals surface area (Å²) in [5, 5.41) is 1.25. The molecule has 0 radical (unpaired) electrons. The Morgan fingerprint density at radius 1 is 0.773 bits per heavy atom. The molecular weight excluding hydrogens is 268 g/mol. The lowest BCUT2D eigenvalue weighted by Crippen LogP contribution is -2.07. The molecule has 1 aromatic heterocycles. The molecule has 0 N–H and O–H groups in total. The molecule has 0 fully saturated rings. The molecule has 3 rings (SSSR count). The number of rotatable bonds is 2. The molecular formula is C20H22N2. The second-order valence-corrected chi connectivity index (χ2v) is 6.22. The smallest absolute Gasteiger partial charge is 0.0715 e. The Hall–Kier alpha value is -2.35. The summed E-state index contributed by atoms with van der Waals surface area (Å²) in [7, 11) is 4.11. The summed E-state index contributed by atoms with van der Waals surface area (Å²) < 4.78 is 0. The van der Waals surface area contributed by atoms with Crippen molar-refractivity contribution < 1.29 is 0 Å². The molecule has 0 bridgehead atoms. The molecule has 2 heteroatoms. The van der Waals surface area contributed by atoms with Crippen LogP contribution in [0.5, 0.6) is 0 Å². The molecule has 1 heterocycles. The van der Waals surface area contributed by atoms with Crippen molar-refractivity contribution in [1.82, 2.24) is 4.98 Å². The van der Waals surface area contributed by atoms with Crippen LogP contribution in [0.2, 0.25) is 0 Å². The van der Waals surface area contributed by atoms with Gasteiger partial charge in [-0.2, -0.15) is 0 Å². The summed E-state index contributed by atoms with van der Waals surface area (Å²) in [4.78, 5) is 6.98. The first-order valence-electron chi connectivity index (χ1n) is 7.62. The Morgan fingerprint density at radius 2 is 1.41 bits per heavy atom. The van der Waals surface area contributed by atoms with Crippen molar-refractivity contribution in [2.45, 2.75) is 20.8 Å². The summed E-state index contributed by atoms with van der Waals surface area (Å²) in [5.74, 6) is 0. The van der Waals surface area contributed by atoms with Crippen LogP contribution in [0.25, 0.3) is 22.2 Å². The van der Waals surface area contributed by atoms with Crippen LogP contribution in [-0.4, -0.2) is 19.1 Å². The Morgan fingerprint density at radius 3 is 2.05 bits per heavy atom. The highest BCUT2D eigenvalue weighted by Crippen LogP contribution is 2.27. The predicted octanol–water partition coefficient (Wildman–Crippen LogP) is 4.89. The second kappa shape index (κ2) is 5.45. The third-order valence-electron chi connectivity index (χ3n) is 4.31. The summed E-state index contributed by atoms with van der Waals surface area (Å²) in [6.45, 7) is 6.46. The van der Waals surface area contributed by atoms with Crippen LogP contribution < -0.4 is 4.90 Å². The fourth-order valence-corrected chi connectivity index (χ4v) is 2.73. The van der Waals surface area contributed by atoms with Crippen LogP contribution in [0.15, 0.2) is 42.5 Å². The first-order chi connectivity index (χ1) is 10.5. The lowest BCUT2D eigenvalue weighted by molar-refractivity contribution is 1.13. The van der Waals surface area contributed by atoms with Gasteiger partial charge in [-0.25, -0.2) is 4.98 Å². The minimum Gasteiger partial charge on any atom is -0.378 e. The fraction of sp³-hybridized carbons (Fsp3) is 0.250. The van der Waals surface area contributed by atoms with Crippen molar-refractivity contribution >= 4 is 16.6 Å². The van der Waals surface area contributed by atoms with Gasteiger partial charge in [0.1, 0.15) is 0 Å². The molecule has 2 nitrogen and oxygen atoms in total. The highest BCUT2D eigenvalue weighted by Gasteiger charge is 2.07. The number of hydrogen-bond acceptors (Lipinski definition) is 2. The van der Waals surface area contributed by atoms with Gasteiger partial charge < -0.3 is 4.90 Å². The van der Waals surface area contributed by atoms with Crippen molar-refractivity contribution in [1.29, 1.82) is 0 Å². The molecule has 0 amide bonds. The van der Waals surface area contributed by atoms with E-state index in [2.05, 4.69) is 82.2 Å². The molecule has 0 atom stereocenters. The topological polar surface area (TPSA) is 16.1 Å². The zero-order valence-electron chi connectivity index (χ0n) is 13.9. The number of benzene rings is 2. The van der Waals surface area contributed by atoms with E-state index in [1.807, 2.05) is 0 Å². The lowest BCUT2D eigenvalue weighted by Gasteiger charge is -2.13. The molecule has 0 spiro atoms. The summed E-state index contributed by atoms with van der Waals surface area (Å²) in [5.41, 5.74) is 8.37. The van der Waals surface area contributed by atoms with E-state index in [9.17, 15) is 0 Å². The largest absolute Gasteiger partial charge is 0.378 e. The number of fused-ring (bicyclic) bond motifs is 1. The Balaban J connectivity index is 2.13. The SMILES string of the molecule is Cc1cc2nc(-c3ccc(N(C)C)cc3)cc(C)c2cc1C. The third-order valence-corrected chi connectivity index (χ3v) is 4.31. The molecule has 0 saturated heterocycles. The average molecular weight is 290 g/mol. The van der Waals surface area contributed by atoms with Gasteiger partial charge >= 0.3 is 0 Å². The molecule has 0 aliphatic heterocycles. The molecule has 0 aliphatic carbocycles. The van der Waals surface area contributed by atoms with E-state index in [1.165, 1.54) is 27.8 Å². The van der Waals surface area contributed by atoms with E-state index in [0.29, 0.717) is 0 Å². The third kappa shape index (κ3) is 2.57. The van der Waals surface area contributed by atoms with Gasteiger partial charge in [-0.1, -0.05) is 12.1 Å². The molecule has 112 valence electrons. The predicted molar refractivity (Wildman–Crippen MR) is 95.7 cm³/mol. The number of aryl methyl sites for hydroxylation is 3. The molecule has 0 unspecified atom stereocenters. The second-order valence-electron chi connectivity index (χ2n) is 6.22. The maximum atomic E-state index is 4.87. The first-order valence-corrected chi connectivity index (χ1v) is 7.62. The molecule has 2 aromatic carbocycles. The van der Waals surface area contributed by atoms with E-state index in [4.69, 9.17) is 4.98 Å². The number of anilines is 1. The average Bonchev–Trinajstić information content (AvgIpc) is 2.49. The van der Waals surface area contributed by atoms with Crippen LogP contribution in [0.4, 0.5) is 5.69 Å². The van der Waals surface area contributed by atoms with Crippen molar-refractivity contribution in [3.05, 3.63) is 59.2 Å². The van der Waals surface area contributed by atoms with Gasteiger partial charge in [0, 0.05) is 30.7 Å². The first kappa shape index (κ1) is 14.6. The van der Waals surface area contributed by atoms with Gasteiger partial charge in [0.05, 0.1) is 11.2 Å². The van der Waals surface area contributed by atoms with Gasteiger partial charge in [-0.05, 0) is 67.8 Å². The quantitative estimate of drug-likeness (QED) is 0.668. The van der Waals surface area contributed by atoms with Crippen molar-refractivity contribution in [2.24, 2.45) is 0 Å². The van der Waals surface area contributed by atoms with Gasteiger partial charge in [0.15, 0.2) is 0 Å². The fourth-order valence-electron chi connectivity index (χ4n) is 2.73. The normalized spacial score (nSPS) is 11.0. The number of pyridine rings is 1. The molecule has 22 heavy (non-hydrogen) atoms. The van der Waals surface area contributed by atoms with Crippen molar-refractivity contribution in [3.8, 4) is 11.3 Å². The van der Waals surface area contributed by atoms with E-state index in [1.54, 1.807) is 0 Å². The van der Waals surface area contributed by atoms with Gasteiger partial charge in [-0.3, -0.25) is 0 Å². The molecule has 0 saturated carbocycles. The van der Waals surface area contributed by atoms with E-state index in [0.717, 1.165) is 16.8 Å². The lowest BCUT2D eigenvalue weighted by atomic mass is 10.0. The monoisotopic (exact) mass is 290 g/mol. The minimum absolute atomic E-state index is 1.04. The zero-order valence-corrected chi connectivity index (χ0v) is 13.9. The Kier molecular flexibility index (Phi) is 3.61. The van der Waals surface area contributed by atoms with Crippen molar-refractivity contribution in [2.75, 3.05) is 19.0 Å². The molecule has 0 aliphatic rings. The van der Waals surface area contributed by atoms with Gasteiger partial charge in [-0.15, -0.1) is 0 Å². The molecule has 3 aromatic rings. The van der Waals surface area contributed by atoms with Crippen LogP contribution >= 0.6 is 0 Å². The summed E-state index contributed by atoms with van der Waals surface area (Å²) >= 11 is 0. The van der Waals surface area contributed by atoms with Crippen molar-refractivity contribution in [3.63, 3.8) is 0 Å². The van der Waals surface area contributed by atoms with Crippen LogP contribution in [0.1, 0.15) is 16.7 Å². The highest BCUT2D eigenvalue weighted by molar-refractivity contribution is 5.86. The van der Waals surface area contributed by atoms with Gasteiger partial charge in [0.25, 0.3) is 0 Å². The summed E-state index contributed by atoms with van der Waals surface area (Å²) in [6, 6.07) is 15.2. The van der Waals surface area contributed by atoms with Crippen LogP contribution in [0.3, 0.4) is 0 Å². The Labute approximate surface area is 132 Å². The van der Waals surface area contributed by atoms with Crippen LogP contribution in [-0.2, 0) is 0 Å². The number of nitrogens with zero attached hydrogens (tertiary/aromatic N) is 2. The van der Waals surface area contributed by atoms with E-state index >= 15 is 0 Å². The highest BCUT2D eigenvalue weighted by atomic mass is 15.1.